The summed E-state index contributed by atoms with van der Waals surface area (Å²) in [5.74, 6) is -0.638. The Morgan fingerprint density at radius 3 is 2.33 bits per heavy atom. The van der Waals surface area contributed by atoms with Gasteiger partial charge in [0.1, 0.15) is 11.2 Å². The lowest BCUT2D eigenvalue weighted by atomic mass is 9.89. The molecule has 0 atom stereocenters. The van der Waals surface area contributed by atoms with E-state index in [1.54, 1.807) is 0 Å². The van der Waals surface area contributed by atoms with Crippen LogP contribution in [0.5, 0.6) is 0 Å². The van der Waals surface area contributed by atoms with Gasteiger partial charge in [0, 0.05) is 18.0 Å². The van der Waals surface area contributed by atoms with Crippen molar-refractivity contribution in [2.24, 2.45) is 12.8 Å². The van der Waals surface area contributed by atoms with Gasteiger partial charge in [-0.15, -0.1) is 0 Å². The van der Waals surface area contributed by atoms with Crippen molar-refractivity contribution in [2.75, 3.05) is 0 Å². The molecule has 5 heteroatoms. The van der Waals surface area contributed by atoms with Crippen molar-refractivity contribution in [3.05, 3.63) is 35.5 Å². The number of nitrogens with two attached hydrogens (primary N) is 1. The number of hydrogen-bond donors (Lipinski definition) is 2. The second-order valence-electron chi connectivity index (χ2n) is 6.86. The summed E-state index contributed by atoms with van der Waals surface area (Å²) < 4.78 is 1.89. The number of amides is 2. The van der Waals surface area contributed by atoms with Gasteiger partial charge in [0.15, 0.2) is 0 Å². The highest BCUT2D eigenvalue weighted by Gasteiger charge is 2.39. The average Bonchev–Trinajstić information content (AvgIpc) is 2.71. The van der Waals surface area contributed by atoms with Crippen LogP contribution in [0.25, 0.3) is 10.9 Å². The third-order valence-corrected chi connectivity index (χ3v) is 5.36. The predicted molar refractivity (Wildman–Crippen MR) is 94.7 cm³/mol. The lowest BCUT2D eigenvalue weighted by Crippen LogP contribution is -2.57. The number of para-hydroxylation sites is 1. The summed E-state index contributed by atoms with van der Waals surface area (Å²) in [6.45, 7) is 1.95. The molecule has 1 fully saturated rings. The number of aryl methyl sites for hydroxylation is 2. The van der Waals surface area contributed by atoms with Crippen LogP contribution in [0, 0.1) is 6.92 Å². The number of nitrogens with one attached hydrogen (secondary N) is 1. The Bertz CT molecular complexity index is 744. The Morgan fingerprint density at radius 2 is 1.75 bits per heavy atom. The van der Waals surface area contributed by atoms with Crippen molar-refractivity contribution < 1.29 is 9.59 Å². The topological polar surface area (TPSA) is 77.1 Å². The van der Waals surface area contributed by atoms with E-state index in [1.165, 1.54) is 0 Å². The summed E-state index contributed by atoms with van der Waals surface area (Å²) >= 11 is 0. The summed E-state index contributed by atoms with van der Waals surface area (Å²) in [5.41, 5.74) is 7.30. The monoisotopic (exact) mass is 327 g/mol. The van der Waals surface area contributed by atoms with E-state index < -0.39 is 11.4 Å². The Hall–Kier alpha value is -2.30. The van der Waals surface area contributed by atoms with E-state index in [2.05, 4.69) is 5.32 Å². The summed E-state index contributed by atoms with van der Waals surface area (Å²) in [6, 6.07) is 7.93. The van der Waals surface area contributed by atoms with E-state index >= 15 is 0 Å². The van der Waals surface area contributed by atoms with Crippen molar-refractivity contribution in [3.63, 3.8) is 0 Å². The van der Waals surface area contributed by atoms with Gasteiger partial charge in [-0.1, -0.05) is 43.9 Å². The first-order valence-electron chi connectivity index (χ1n) is 8.63. The van der Waals surface area contributed by atoms with Gasteiger partial charge in [-0.3, -0.25) is 9.59 Å². The molecule has 1 saturated carbocycles. The van der Waals surface area contributed by atoms with Gasteiger partial charge < -0.3 is 15.6 Å². The lowest BCUT2D eigenvalue weighted by Gasteiger charge is -2.30. The highest BCUT2D eigenvalue weighted by molar-refractivity contribution is 6.03. The van der Waals surface area contributed by atoms with Gasteiger partial charge in [-0.2, -0.15) is 0 Å². The number of aromatic nitrogens is 1. The van der Waals surface area contributed by atoms with Crippen molar-refractivity contribution in [1.29, 1.82) is 0 Å². The first kappa shape index (κ1) is 16.6. The fourth-order valence-corrected chi connectivity index (χ4v) is 3.95. The maximum absolute atomic E-state index is 13.0. The largest absolute Gasteiger partial charge is 0.368 e. The maximum atomic E-state index is 13.0. The van der Waals surface area contributed by atoms with E-state index in [4.69, 9.17) is 5.73 Å². The third-order valence-electron chi connectivity index (χ3n) is 5.36. The number of hydrogen-bond acceptors (Lipinski definition) is 2. The quantitative estimate of drug-likeness (QED) is 0.850. The molecule has 128 valence electrons. The van der Waals surface area contributed by atoms with E-state index in [1.807, 2.05) is 42.8 Å². The zero-order valence-electron chi connectivity index (χ0n) is 14.4. The van der Waals surface area contributed by atoms with E-state index in [0.29, 0.717) is 18.5 Å². The van der Waals surface area contributed by atoms with Crippen LogP contribution in [0.3, 0.4) is 0 Å². The van der Waals surface area contributed by atoms with E-state index in [-0.39, 0.29) is 5.91 Å². The first-order valence-corrected chi connectivity index (χ1v) is 8.63. The molecule has 1 aliphatic rings. The molecule has 2 amide bonds. The predicted octanol–water partition coefficient (Wildman–Crippen LogP) is 2.79. The number of carbonyl (C=O) groups excluding carboxylic acids is 2. The zero-order chi connectivity index (χ0) is 17.3. The number of carbonyl (C=O) groups is 2. The van der Waals surface area contributed by atoms with Gasteiger partial charge in [0.05, 0.1) is 0 Å². The fraction of sp³-hybridized carbons (Fsp3) is 0.474. The molecular weight excluding hydrogens is 302 g/mol. The summed E-state index contributed by atoms with van der Waals surface area (Å²) in [7, 11) is 1.88. The number of rotatable bonds is 3. The number of nitrogens with zero attached hydrogens (tertiary/aromatic N) is 1. The number of fused-ring (bicyclic) bond motifs is 1. The molecule has 3 rings (SSSR count). The molecule has 3 N–H and O–H groups in total. The molecule has 5 nitrogen and oxygen atoms in total. The van der Waals surface area contributed by atoms with Crippen LogP contribution in [0.15, 0.2) is 24.3 Å². The molecule has 1 heterocycles. The second-order valence-corrected chi connectivity index (χ2v) is 6.86. The fourth-order valence-electron chi connectivity index (χ4n) is 3.95. The molecule has 1 aromatic heterocycles. The molecule has 1 aliphatic carbocycles. The van der Waals surface area contributed by atoms with Crippen molar-refractivity contribution >= 4 is 22.7 Å². The summed E-state index contributed by atoms with van der Waals surface area (Å²) in [5, 5.41) is 4.05. The highest BCUT2D eigenvalue weighted by atomic mass is 16.2. The van der Waals surface area contributed by atoms with Crippen molar-refractivity contribution in [1.82, 2.24) is 9.88 Å². The molecular formula is C19H25N3O2. The van der Waals surface area contributed by atoms with Crippen LogP contribution >= 0.6 is 0 Å². The molecule has 2 aromatic rings. The molecule has 0 saturated heterocycles. The standard InChI is InChI=1S/C19H25N3O2/c1-13-14-9-5-6-10-15(14)22(2)16(13)17(23)21-19(18(20)24)11-7-3-4-8-12-19/h5-6,9-10H,3-4,7-8,11-12H2,1-2H3,(H2,20,24)(H,21,23). The van der Waals surface area contributed by atoms with Crippen LogP contribution in [-0.2, 0) is 11.8 Å². The van der Waals surface area contributed by atoms with Crippen LogP contribution < -0.4 is 11.1 Å². The minimum Gasteiger partial charge on any atom is -0.368 e. The zero-order valence-corrected chi connectivity index (χ0v) is 14.4. The molecule has 0 unspecified atom stereocenters. The molecule has 0 aliphatic heterocycles. The van der Waals surface area contributed by atoms with Crippen LogP contribution in [0.2, 0.25) is 0 Å². The Kier molecular flexibility index (Phi) is 4.35. The van der Waals surface area contributed by atoms with Gasteiger partial charge in [0.25, 0.3) is 5.91 Å². The third kappa shape index (κ3) is 2.68. The van der Waals surface area contributed by atoms with E-state index in [9.17, 15) is 9.59 Å². The van der Waals surface area contributed by atoms with Crippen LogP contribution in [-0.4, -0.2) is 21.9 Å². The minimum absolute atomic E-state index is 0.216. The molecule has 0 bridgehead atoms. The Morgan fingerprint density at radius 1 is 1.12 bits per heavy atom. The first-order chi connectivity index (χ1) is 11.5. The second kappa shape index (κ2) is 6.30. The Balaban J connectivity index is 1.98. The molecule has 1 aromatic carbocycles. The smallest absolute Gasteiger partial charge is 0.269 e. The van der Waals surface area contributed by atoms with Crippen molar-refractivity contribution in [3.8, 4) is 0 Å². The SMILES string of the molecule is Cc1c(C(=O)NC2(C(N)=O)CCCCCC2)n(C)c2ccccc12. The minimum atomic E-state index is -0.920. The normalized spacial score (nSPS) is 17.4. The number of benzene rings is 1. The Labute approximate surface area is 142 Å². The lowest BCUT2D eigenvalue weighted by molar-refractivity contribution is -0.124. The summed E-state index contributed by atoms with van der Waals surface area (Å²) in [6.07, 6.45) is 5.23. The van der Waals surface area contributed by atoms with Gasteiger partial charge >= 0.3 is 0 Å². The average molecular weight is 327 g/mol. The van der Waals surface area contributed by atoms with Crippen LogP contribution in [0.4, 0.5) is 0 Å². The maximum Gasteiger partial charge on any atom is 0.269 e. The van der Waals surface area contributed by atoms with Gasteiger partial charge in [-0.25, -0.2) is 0 Å². The molecule has 0 spiro atoms. The van der Waals surface area contributed by atoms with Gasteiger partial charge in [-0.05, 0) is 31.4 Å². The van der Waals surface area contributed by atoms with Crippen LogP contribution in [0.1, 0.15) is 54.6 Å². The molecule has 0 radical (unpaired) electrons. The highest BCUT2D eigenvalue weighted by Crippen LogP contribution is 2.29. The van der Waals surface area contributed by atoms with E-state index in [0.717, 1.165) is 42.1 Å². The molecule has 24 heavy (non-hydrogen) atoms. The van der Waals surface area contributed by atoms with Gasteiger partial charge in [0.2, 0.25) is 5.91 Å². The van der Waals surface area contributed by atoms with Crippen molar-refractivity contribution in [2.45, 2.75) is 51.0 Å². The number of primary amides is 1. The summed E-state index contributed by atoms with van der Waals surface area (Å²) in [4.78, 5) is 25.1.